The standard InChI is InChI=1S/C15H21N3O/c19-15(11-4-2-1-3-5-11)18-13-8-9-14(16-10-13)17-12-6-7-12/h8-12H,1-7H2,(H,16,17)(H,18,19). The predicted molar refractivity (Wildman–Crippen MR) is 76.1 cm³/mol. The third-order valence-electron chi connectivity index (χ3n) is 3.94. The molecule has 2 N–H and O–H groups in total. The molecule has 1 heterocycles. The van der Waals surface area contributed by atoms with Crippen LogP contribution in [-0.2, 0) is 4.79 Å². The van der Waals surface area contributed by atoms with E-state index in [9.17, 15) is 4.79 Å². The van der Waals surface area contributed by atoms with Crippen molar-refractivity contribution >= 4 is 17.4 Å². The zero-order valence-corrected chi connectivity index (χ0v) is 11.2. The molecular weight excluding hydrogens is 238 g/mol. The predicted octanol–water partition coefficient (Wildman–Crippen LogP) is 3.17. The number of nitrogens with one attached hydrogen (secondary N) is 2. The van der Waals surface area contributed by atoms with Crippen LogP contribution in [0.15, 0.2) is 18.3 Å². The van der Waals surface area contributed by atoms with Crippen molar-refractivity contribution in [2.75, 3.05) is 10.6 Å². The van der Waals surface area contributed by atoms with E-state index in [1.165, 1.54) is 32.1 Å². The first kappa shape index (κ1) is 12.5. The summed E-state index contributed by atoms with van der Waals surface area (Å²) in [6.07, 6.45) is 9.91. The zero-order valence-electron chi connectivity index (χ0n) is 11.2. The Morgan fingerprint density at radius 3 is 2.53 bits per heavy atom. The number of pyridine rings is 1. The summed E-state index contributed by atoms with van der Waals surface area (Å²) in [5.41, 5.74) is 0.803. The smallest absolute Gasteiger partial charge is 0.227 e. The second-order valence-electron chi connectivity index (χ2n) is 5.67. The highest BCUT2D eigenvalue weighted by molar-refractivity contribution is 5.92. The lowest BCUT2D eigenvalue weighted by Crippen LogP contribution is -2.24. The minimum atomic E-state index is 0.157. The molecule has 4 heteroatoms. The third-order valence-corrected chi connectivity index (χ3v) is 3.94. The Labute approximate surface area is 114 Å². The van der Waals surface area contributed by atoms with Gasteiger partial charge in [-0.1, -0.05) is 19.3 Å². The SMILES string of the molecule is O=C(Nc1ccc(NC2CC2)nc1)C1CCCCC1. The van der Waals surface area contributed by atoms with Crippen LogP contribution < -0.4 is 10.6 Å². The topological polar surface area (TPSA) is 54.0 Å². The molecule has 2 aliphatic rings. The average Bonchev–Trinajstić information content (AvgIpc) is 3.26. The Bertz CT molecular complexity index is 433. The van der Waals surface area contributed by atoms with Crippen molar-refractivity contribution in [3.05, 3.63) is 18.3 Å². The summed E-state index contributed by atoms with van der Waals surface area (Å²) in [7, 11) is 0. The number of aromatic nitrogens is 1. The third kappa shape index (κ3) is 3.46. The van der Waals surface area contributed by atoms with Gasteiger partial charge in [0.15, 0.2) is 0 Å². The van der Waals surface area contributed by atoms with E-state index in [0.29, 0.717) is 6.04 Å². The van der Waals surface area contributed by atoms with Gasteiger partial charge in [-0.25, -0.2) is 4.98 Å². The van der Waals surface area contributed by atoms with Crippen molar-refractivity contribution in [3.8, 4) is 0 Å². The summed E-state index contributed by atoms with van der Waals surface area (Å²) in [5.74, 6) is 1.25. The van der Waals surface area contributed by atoms with Crippen molar-refractivity contribution in [3.63, 3.8) is 0 Å². The van der Waals surface area contributed by atoms with Gasteiger partial charge in [-0.2, -0.15) is 0 Å². The monoisotopic (exact) mass is 259 g/mol. The number of anilines is 2. The minimum absolute atomic E-state index is 0.157. The number of hydrogen-bond donors (Lipinski definition) is 2. The average molecular weight is 259 g/mol. The number of carbonyl (C=O) groups excluding carboxylic acids is 1. The van der Waals surface area contributed by atoms with Crippen LogP contribution in [0.5, 0.6) is 0 Å². The van der Waals surface area contributed by atoms with Gasteiger partial charge in [-0.3, -0.25) is 4.79 Å². The fourth-order valence-corrected chi connectivity index (χ4v) is 2.60. The van der Waals surface area contributed by atoms with E-state index < -0.39 is 0 Å². The summed E-state index contributed by atoms with van der Waals surface area (Å²) in [6.45, 7) is 0. The molecule has 2 fully saturated rings. The zero-order chi connectivity index (χ0) is 13.1. The van der Waals surface area contributed by atoms with Gasteiger partial charge in [-0.05, 0) is 37.8 Å². The van der Waals surface area contributed by atoms with Crippen LogP contribution in [0, 0.1) is 5.92 Å². The molecule has 1 aromatic rings. The lowest BCUT2D eigenvalue weighted by Gasteiger charge is -2.20. The van der Waals surface area contributed by atoms with Crippen LogP contribution in [0.4, 0.5) is 11.5 Å². The van der Waals surface area contributed by atoms with Crippen molar-refractivity contribution < 1.29 is 4.79 Å². The van der Waals surface area contributed by atoms with E-state index in [4.69, 9.17) is 0 Å². The summed E-state index contributed by atoms with van der Waals surface area (Å²) in [5, 5.41) is 6.31. The fourth-order valence-electron chi connectivity index (χ4n) is 2.60. The normalized spacial score (nSPS) is 20.0. The van der Waals surface area contributed by atoms with Gasteiger partial charge in [0.05, 0.1) is 11.9 Å². The van der Waals surface area contributed by atoms with E-state index in [1.54, 1.807) is 6.20 Å². The fraction of sp³-hybridized carbons (Fsp3) is 0.600. The summed E-state index contributed by atoms with van der Waals surface area (Å²) in [6, 6.07) is 4.47. The molecule has 3 rings (SSSR count). The summed E-state index contributed by atoms with van der Waals surface area (Å²) >= 11 is 0. The molecule has 4 nitrogen and oxygen atoms in total. The largest absolute Gasteiger partial charge is 0.367 e. The minimum Gasteiger partial charge on any atom is -0.367 e. The number of hydrogen-bond acceptors (Lipinski definition) is 3. The Morgan fingerprint density at radius 1 is 1.11 bits per heavy atom. The summed E-state index contributed by atoms with van der Waals surface area (Å²) < 4.78 is 0. The van der Waals surface area contributed by atoms with E-state index >= 15 is 0 Å². The van der Waals surface area contributed by atoms with E-state index in [1.807, 2.05) is 12.1 Å². The van der Waals surface area contributed by atoms with Crippen molar-refractivity contribution in [1.29, 1.82) is 0 Å². The molecule has 0 radical (unpaired) electrons. The molecule has 1 aromatic heterocycles. The highest BCUT2D eigenvalue weighted by atomic mass is 16.1. The first-order valence-electron chi connectivity index (χ1n) is 7.35. The van der Waals surface area contributed by atoms with Crippen molar-refractivity contribution in [1.82, 2.24) is 4.98 Å². The van der Waals surface area contributed by atoms with Crippen LogP contribution >= 0.6 is 0 Å². The highest BCUT2D eigenvalue weighted by Gasteiger charge is 2.22. The lowest BCUT2D eigenvalue weighted by molar-refractivity contribution is -0.120. The molecular formula is C15H21N3O. The molecule has 0 atom stereocenters. The van der Waals surface area contributed by atoms with Gasteiger partial charge in [0.1, 0.15) is 5.82 Å². The second-order valence-corrected chi connectivity index (χ2v) is 5.67. The highest BCUT2D eigenvalue weighted by Crippen LogP contribution is 2.26. The Kier molecular flexibility index (Phi) is 3.67. The van der Waals surface area contributed by atoms with Gasteiger partial charge < -0.3 is 10.6 Å². The Hall–Kier alpha value is -1.58. The first-order valence-corrected chi connectivity index (χ1v) is 7.35. The van der Waals surface area contributed by atoms with Crippen LogP contribution in [0.2, 0.25) is 0 Å². The molecule has 0 aromatic carbocycles. The van der Waals surface area contributed by atoms with Crippen LogP contribution in [0.25, 0.3) is 0 Å². The quantitative estimate of drug-likeness (QED) is 0.873. The molecule has 1 amide bonds. The van der Waals surface area contributed by atoms with E-state index in [-0.39, 0.29) is 11.8 Å². The van der Waals surface area contributed by atoms with Crippen molar-refractivity contribution in [2.24, 2.45) is 5.92 Å². The molecule has 0 spiro atoms. The Balaban J connectivity index is 1.54. The molecule has 2 saturated carbocycles. The van der Waals surface area contributed by atoms with Crippen molar-refractivity contribution in [2.45, 2.75) is 51.0 Å². The number of carbonyl (C=O) groups is 1. The number of rotatable bonds is 4. The maximum atomic E-state index is 12.1. The number of amides is 1. The molecule has 102 valence electrons. The molecule has 0 unspecified atom stereocenters. The van der Waals surface area contributed by atoms with Gasteiger partial charge in [-0.15, -0.1) is 0 Å². The Morgan fingerprint density at radius 2 is 1.89 bits per heavy atom. The second kappa shape index (κ2) is 5.59. The van der Waals surface area contributed by atoms with Crippen LogP contribution in [-0.4, -0.2) is 16.9 Å². The maximum Gasteiger partial charge on any atom is 0.227 e. The van der Waals surface area contributed by atoms with E-state index in [0.717, 1.165) is 24.3 Å². The molecule has 0 aliphatic heterocycles. The van der Waals surface area contributed by atoms with Gasteiger partial charge in [0.2, 0.25) is 5.91 Å². The van der Waals surface area contributed by atoms with Gasteiger partial charge in [0.25, 0.3) is 0 Å². The first-order chi connectivity index (χ1) is 9.31. The molecule has 0 saturated heterocycles. The van der Waals surface area contributed by atoms with Gasteiger partial charge in [0, 0.05) is 12.0 Å². The van der Waals surface area contributed by atoms with Crippen LogP contribution in [0.1, 0.15) is 44.9 Å². The molecule has 2 aliphatic carbocycles. The van der Waals surface area contributed by atoms with Gasteiger partial charge >= 0.3 is 0 Å². The molecule has 0 bridgehead atoms. The summed E-state index contributed by atoms with van der Waals surface area (Å²) in [4.78, 5) is 16.4. The molecule has 19 heavy (non-hydrogen) atoms. The maximum absolute atomic E-state index is 12.1. The lowest BCUT2D eigenvalue weighted by atomic mass is 9.88. The number of nitrogens with zero attached hydrogens (tertiary/aromatic N) is 1. The van der Waals surface area contributed by atoms with Crippen LogP contribution in [0.3, 0.4) is 0 Å². The van der Waals surface area contributed by atoms with E-state index in [2.05, 4.69) is 15.6 Å².